The fourth-order valence-corrected chi connectivity index (χ4v) is 16.5. The summed E-state index contributed by atoms with van der Waals surface area (Å²) in [4.78, 5) is 81.5. The first-order valence-corrected chi connectivity index (χ1v) is 47.7. The maximum atomic E-state index is 12.5. The van der Waals surface area contributed by atoms with Gasteiger partial charge in [0.1, 0.15) is 116 Å². The van der Waals surface area contributed by atoms with Gasteiger partial charge < -0.3 is 64.5 Å². The van der Waals surface area contributed by atoms with Crippen LogP contribution < -0.4 is 0 Å². The van der Waals surface area contributed by atoms with Crippen molar-refractivity contribution in [3.63, 3.8) is 0 Å². The minimum Gasteiger partial charge on any atom is -0.459 e. The van der Waals surface area contributed by atoms with E-state index >= 15 is 0 Å². The van der Waals surface area contributed by atoms with Gasteiger partial charge in [-0.1, -0.05) is 213 Å². The number of ether oxygens (including phenoxy) is 7. The Hall–Kier alpha value is -8.93. The lowest BCUT2D eigenvalue weighted by Gasteiger charge is -2.37. The molecule has 0 aliphatic heterocycles. The van der Waals surface area contributed by atoms with Gasteiger partial charge in [-0.15, -0.1) is 0 Å². The van der Waals surface area contributed by atoms with Crippen LogP contribution in [0.5, 0.6) is 0 Å². The van der Waals surface area contributed by atoms with Gasteiger partial charge in [0.2, 0.25) is 0 Å². The fourth-order valence-electron chi connectivity index (χ4n) is 16.5. The van der Waals surface area contributed by atoms with E-state index in [4.69, 9.17) is 33.2 Å². The number of unbranched alkanes of at least 4 members (excludes halogenated alkanes) is 1. The maximum absolute atomic E-state index is 12.5. The number of carbonyl (C=O) groups excluding carboxylic acids is 7. The summed E-state index contributed by atoms with van der Waals surface area (Å²) in [6, 6.07) is 32.0. The molecule has 0 saturated carbocycles. The number of carbonyl (C=O) groups is 7. The molecule has 4 aliphatic carbocycles. The third kappa shape index (κ3) is 41.2. The van der Waals surface area contributed by atoms with E-state index < -0.39 is 0 Å². The molecule has 127 heavy (non-hydrogen) atoms. The van der Waals surface area contributed by atoms with Crippen LogP contribution in [0.2, 0.25) is 0 Å². The lowest BCUT2D eigenvalue weighted by molar-refractivity contribution is -0.927. The van der Waals surface area contributed by atoms with E-state index in [9.17, 15) is 33.6 Å². The highest BCUT2D eigenvalue weighted by atomic mass is 16.6. The highest BCUT2D eigenvalue weighted by Crippen LogP contribution is 2.35. The summed E-state index contributed by atoms with van der Waals surface area (Å²) in [5.74, 6) is -2.42. The number of nitrogens with zero attached hydrogens (tertiary/aromatic N) is 7. The van der Waals surface area contributed by atoms with Gasteiger partial charge in [0, 0.05) is 18.2 Å². The minimum absolute atomic E-state index is 0.114. The molecule has 708 valence electrons. The largest absolute Gasteiger partial charge is 0.459 e. The zero-order valence-corrected chi connectivity index (χ0v) is 82.8. The van der Waals surface area contributed by atoms with E-state index in [-0.39, 0.29) is 65.5 Å². The lowest BCUT2D eigenvalue weighted by atomic mass is 10.0. The molecular formula is C106H172N7O14+7. The monoisotopic (exact) mass is 1770 g/mol. The number of quaternary nitrogens is 7. The van der Waals surface area contributed by atoms with Crippen LogP contribution >= 0.6 is 0 Å². The third-order valence-corrected chi connectivity index (χ3v) is 25.3. The Kier molecular flexibility index (Phi) is 55.3. The van der Waals surface area contributed by atoms with Gasteiger partial charge in [0.25, 0.3) is 0 Å². The summed E-state index contributed by atoms with van der Waals surface area (Å²) in [5, 5.41) is 0. The van der Waals surface area contributed by atoms with Gasteiger partial charge in [-0.25, -0.2) is 14.4 Å². The van der Waals surface area contributed by atoms with Crippen molar-refractivity contribution in [3.8, 4) is 0 Å². The summed E-state index contributed by atoms with van der Waals surface area (Å²) in [6.45, 7) is 69.6. The van der Waals surface area contributed by atoms with E-state index in [0.717, 1.165) is 207 Å². The van der Waals surface area contributed by atoms with E-state index in [1.54, 1.807) is 0 Å². The Morgan fingerprint density at radius 3 is 0.661 bits per heavy atom. The lowest BCUT2D eigenvalue weighted by Crippen LogP contribution is -2.51. The van der Waals surface area contributed by atoms with Crippen molar-refractivity contribution in [2.45, 2.75) is 172 Å². The van der Waals surface area contributed by atoms with E-state index in [1.807, 2.05) is 167 Å². The molecule has 4 aromatic carbocycles. The van der Waals surface area contributed by atoms with Crippen LogP contribution in [0.4, 0.5) is 0 Å². The molecule has 0 N–H and O–H groups in total. The number of fused-ring (bicyclic) bond motifs is 4. The Bertz CT molecular complexity index is 4000. The van der Waals surface area contributed by atoms with Crippen LogP contribution in [0.25, 0.3) is 24.3 Å². The summed E-state index contributed by atoms with van der Waals surface area (Å²) >= 11 is 0. The smallest absolute Gasteiger partial charge is 0.330 e. The van der Waals surface area contributed by atoms with E-state index in [0.29, 0.717) is 46.2 Å². The summed E-state index contributed by atoms with van der Waals surface area (Å²) in [7, 11) is 12.4. The first-order valence-electron chi connectivity index (χ1n) is 47.7. The van der Waals surface area contributed by atoms with Crippen molar-refractivity contribution in [3.05, 3.63) is 204 Å². The second-order valence-electron chi connectivity index (χ2n) is 35.5. The molecule has 5 unspecified atom stereocenters. The van der Waals surface area contributed by atoms with Crippen molar-refractivity contribution in [1.29, 1.82) is 0 Å². The average molecular weight is 1770 g/mol. The highest BCUT2D eigenvalue weighted by molar-refractivity contribution is 5.89. The molecule has 4 aliphatic rings. The minimum atomic E-state index is -0.349. The van der Waals surface area contributed by atoms with Crippen LogP contribution in [0.3, 0.4) is 0 Å². The highest BCUT2D eigenvalue weighted by Gasteiger charge is 2.33. The second-order valence-corrected chi connectivity index (χ2v) is 35.5. The fraction of sp³-hybridized carbons (Fsp3) is 0.575. The quantitative estimate of drug-likeness (QED) is 0.0176. The zero-order chi connectivity index (χ0) is 95.0. The normalized spacial score (nSPS) is 15.3. The molecule has 21 heteroatoms. The zero-order valence-electron chi connectivity index (χ0n) is 82.8. The Balaban J connectivity index is 0.000000508. The van der Waals surface area contributed by atoms with E-state index in [1.165, 1.54) is 76.3 Å². The van der Waals surface area contributed by atoms with Crippen molar-refractivity contribution in [2.75, 3.05) is 233 Å². The van der Waals surface area contributed by atoms with Gasteiger partial charge in [0.15, 0.2) is 0 Å². The second kappa shape index (κ2) is 61.6. The van der Waals surface area contributed by atoms with Crippen molar-refractivity contribution < 1.29 is 98.1 Å². The average Bonchev–Trinajstić information content (AvgIpc) is 1.69. The van der Waals surface area contributed by atoms with Gasteiger partial charge >= 0.3 is 41.8 Å². The molecule has 5 atom stereocenters. The molecule has 4 aromatic rings. The van der Waals surface area contributed by atoms with Gasteiger partial charge in [-0.3, -0.25) is 19.2 Å². The Morgan fingerprint density at radius 1 is 0.260 bits per heavy atom. The number of rotatable bonds is 50. The molecule has 0 spiro atoms. The number of likely N-dealkylation sites (N-methyl/N-ethyl adjacent to an activating group) is 7. The third-order valence-electron chi connectivity index (χ3n) is 25.3. The van der Waals surface area contributed by atoms with Gasteiger partial charge in [0.05, 0.1) is 140 Å². The number of esters is 7. The maximum Gasteiger partial charge on any atom is 0.330 e. The molecule has 21 nitrogen and oxygen atoms in total. The molecule has 0 fully saturated rings. The van der Waals surface area contributed by atoms with Crippen LogP contribution in [-0.4, -0.2) is 306 Å². The molecule has 0 radical (unpaired) electrons. The molecule has 0 bridgehead atoms. The molecule has 8 rings (SSSR count). The molecule has 0 amide bonds. The van der Waals surface area contributed by atoms with Crippen LogP contribution in [0.15, 0.2) is 159 Å². The molecule has 0 saturated heterocycles. The van der Waals surface area contributed by atoms with Crippen LogP contribution in [-0.2, 0) is 66.7 Å². The topological polar surface area (TPSA) is 184 Å². The van der Waals surface area contributed by atoms with Gasteiger partial charge in [-0.05, 0) is 145 Å². The number of hydrogen-bond acceptors (Lipinski definition) is 14. The first-order chi connectivity index (χ1) is 60.7. The molecule has 0 heterocycles. The first kappa shape index (κ1) is 114. The van der Waals surface area contributed by atoms with Crippen molar-refractivity contribution >= 4 is 66.1 Å². The van der Waals surface area contributed by atoms with Crippen LogP contribution in [0, 0.1) is 0 Å². The predicted molar refractivity (Wildman–Crippen MR) is 522 cm³/mol. The number of benzene rings is 4. The standard InChI is InChI=1S/C21H32NO2.C20H30NO2.C18H26NO2.C15H20NO2.C13H26NO2.C11H22NO2.C8H16NO2/c1-4-7-15-22(6-3,14-5-2)16-17-24-21(23)20-13-12-18-10-8-9-11-19(18)20;1-4-13-21(6-3,14-5-2)15-16-23-20(22)19-12-11-17-9-7-8-10-18(17)19;1-4-19(5-2,6-3)13-14-21-18(20)17-12-11-15-9-7-8-10-16(15)17;1-16(2,3)10-11-18-15(17)14-9-8-12-6-4-5-7-13(12)14;1-5-9-14(8-4,10-6-2)11-12-16-13(15)7-3;1-5-11(13)14-10-9-12(6-2,7-3)8-4;1-5-8(10)11-7-6-9(2,3)4/h8-13,20H,4-7,14-17H2,1-3H3;7-12,19H,4-6,13-16H2,1-3H3;7-12,17H,4-6,13-14H2,1-3H3;4-9,14H,10-11H2,1-3H3;7H,3,5-6,8-12H2,1-2,4H3;5H,1,6-10H2,2-4H3;5H,1,6-7H2,2-4H3/q7*+1. The summed E-state index contributed by atoms with van der Waals surface area (Å²) in [6.07, 6.45) is 27.7. The SMILES string of the molecule is C=CC(=O)OCC[N+](C)(C)C.C=CC(=O)OCC[N+](CC)(CC)CC.C=CC(=O)OCC[N+](CC)(CCC)CCC.CCCC[N+](CC)(CCC)CCOC(=O)C1C=Cc2ccccc21.CCC[N+](CC)(CCC)CCOC(=O)C1C=Cc2ccccc21.CC[N+](CC)(CC)CCOC(=O)C1C=Cc2ccccc21.C[N+](C)(C)CCOC(=O)C1C=Cc2ccccc21. The van der Waals surface area contributed by atoms with Gasteiger partial charge in [-0.2, -0.15) is 0 Å². The molecular weight excluding hydrogens is 1600 g/mol. The summed E-state index contributed by atoms with van der Waals surface area (Å²) < 4.78 is 43.8. The van der Waals surface area contributed by atoms with E-state index in [2.05, 4.69) is 145 Å². The van der Waals surface area contributed by atoms with Crippen molar-refractivity contribution in [1.82, 2.24) is 0 Å². The summed E-state index contributed by atoms with van der Waals surface area (Å²) in [5.41, 5.74) is 8.75. The Morgan fingerprint density at radius 2 is 0.457 bits per heavy atom. The molecule has 0 aromatic heterocycles. The van der Waals surface area contributed by atoms with Crippen LogP contribution in [0.1, 0.15) is 217 Å². The Labute approximate surface area is 768 Å². The number of hydrogen-bond donors (Lipinski definition) is 0. The predicted octanol–water partition coefficient (Wildman–Crippen LogP) is 18.0. The van der Waals surface area contributed by atoms with Crippen molar-refractivity contribution in [2.24, 2.45) is 0 Å².